The van der Waals surface area contributed by atoms with Crippen LogP contribution in [-0.2, 0) is 0 Å². The summed E-state index contributed by atoms with van der Waals surface area (Å²) >= 11 is 7.33. The maximum Gasteiger partial charge on any atom is 0.0268 e. The number of rotatable bonds is 12. The summed E-state index contributed by atoms with van der Waals surface area (Å²) in [5.74, 6) is 0. The lowest BCUT2D eigenvalue weighted by molar-refractivity contribution is 0.547. The summed E-state index contributed by atoms with van der Waals surface area (Å²) < 4.78 is 0. The molecule has 0 aliphatic carbocycles. The fourth-order valence-corrected chi connectivity index (χ4v) is 2.64. The van der Waals surface area contributed by atoms with Crippen molar-refractivity contribution in [2.75, 3.05) is 0 Å². The number of halogens is 2. The smallest absolute Gasteiger partial charge is 0.0268 e. The van der Waals surface area contributed by atoms with Crippen LogP contribution >= 0.6 is 31.9 Å². The Balaban J connectivity index is 3.03. The van der Waals surface area contributed by atoms with Gasteiger partial charge in [-0.15, -0.1) is 0 Å². The molecule has 0 heterocycles. The molecule has 0 saturated carbocycles. The lowest BCUT2D eigenvalue weighted by Gasteiger charge is -2.11. The SMILES string of the molecule is CCCCCCCCCCCC[C@H](Br)[C@@H](C)Br. The zero-order chi connectivity index (χ0) is 12.9. The molecule has 17 heavy (non-hydrogen) atoms. The van der Waals surface area contributed by atoms with Crippen LogP contribution in [0.5, 0.6) is 0 Å². The molecule has 0 aliphatic heterocycles. The average molecular weight is 370 g/mol. The Labute approximate surface area is 126 Å². The molecule has 2 heteroatoms. The topological polar surface area (TPSA) is 0 Å². The van der Waals surface area contributed by atoms with Gasteiger partial charge in [-0.25, -0.2) is 0 Å². The Bertz CT molecular complexity index is 146. The number of alkyl halides is 2. The Morgan fingerprint density at radius 3 is 1.53 bits per heavy atom. The van der Waals surface area contributed by atoms with E-state index in [-0.39, 0.29) is 0 Å². The van der Waals surface area contributed by atoms with Crippen molar-refractivity contribution < 1.29 is 0 Å². The standard InChI is InChI=1S/C15H30Br2/c1-3-4-5-6-7-8-9-10-11-12-13-15(17)14(2)16/h14-15H,3-13H2,1-2H3/t14-,15+/m1/s1. The van der Waals surface area contributed by atoms with Gasteiger partial charge in [-0.3, -0.25) is 0 Å². The van der Waals surface area contributed by atoms with Crippen molar-refractivity contribution in [2.24, 2.45) is 0 Å². The van der Waals surface area contributed by atoms with E-state index in [2.05, 4.69) is 45.7 Å². The fraction of sp³-hybridized carbons (Fsp3) is 1.00. The average Bonchev–Trinajstić information content (AvgIpc) is 2.31. The van der Waals surface area contributed by atoms with Gasteiger partial charge in [0.25, 0.3) is 0 Å². The first-order valence-electron chi connectivity index (χ1n) is 7.46. The molecule has 0 aromatic rings. The maximum absolute atomic E-state index is 3.71. The van der Waals surface area contributed by atoms with Gasteiger partial charge in [0, 0.05) is 9.65 Å². The van der Waals surface area contributed by atoms with Crippen LogP contribution in [0.3, 0.4) is 0 Å². The van der Waals surface area contributed by atoms with E-state index in [4.69, 9.17) is 0 Å². The first-order valence-corrected chi connectivity index (χ1v) is 9.29. The van der Waals surface area contributed by atoms with E-state index in [9.17, 15) is 0 Å². The molecule has 0 radical (unpaired) electrons. The van der Waals surface area contributed by atoms with Gasteiger partial charge < -0.3 is 0 Å². The van der Waals surface area contributed by atoms with Gasteiger partial charge >= 0.3 is 0 Å². The van der Waals surface area contributed by atoms with Gasteiger partial charge in [-0.05, 0) is 6.42 Å². The van der Waals surface area contributed by atoms with Crippen LogP contribution in [0.25, 0.3) is 0 Å². The molecular formula is C15H30Br2. The summed E-state index contributed by atoms with van der Waals surface area (Å²) in [6.45, 7) is 4.50. The van der Waals surface area contributed by atoms with Crippen molar-refractivity contribution in [3.8, 4) is 0 Å². The van der Waals surface area contributed by atoms with Crippen molar-refractivity contribution in [1.82, 2.24) is 0 Å². The van der Waals surface area contributed by atoms with Crippen molar-refractivity contribution in [1.29, 1.82) is 0 Å². The second-order valence-corrected chi connectivity index (χ2v) is 7.78. The molecule has 104 valence electrons. The Hall–Kier alpha value is 0.960. The molecule has 0 aliphatic rings. The summed E-state index contributed by atoms with van der Waals surface area (Å²) in [5.41, 5.74) is 0. The van der Waals surface area contributed by atoms with Gasteiger partial charge in [-0.1, -0.05) is 110 Å². The first-order chi connectivity index (χ1) is 8.18. The maximum atomic E-state index is 3.71. The Kier molecular flexibility index (Phi) is 14.1. The number of unbranched alkanes of at least 4 members (excludes halogenated alkanes) is 9. The molecular weight excluding hydrogens is 340 g/mol. The van der Waals surface area contributed by atoms with E-state index in [1.54, 1.807) is 0 Å². The van der Waals surface area contributed by atoms with Gasteiger partial charge in [0.2, 0.25) is 0 Å². The molecule has 0 aromatic carbocycles. The lowest BCUT2D eigenvalue weighted by atomic mass is 10.0. The fourth-order valence-electron chi connectivity index (χ4n) is 2.06. The second kappa shape index (κ2) is 13.4. The van der Waals surface area contributed by atoms with E-state index in [0.717, 1.165) is 0 Å². The third kappa shape index (κ3) is 13.2. The lowest BCUT2D eigenvalue weighted by Crippen LogP contribution is -2.08. The summed E-state index contributed by atoms with van der Waals surface area (Å²) in [6, 6.07) is 0. The van der Waals surface area contributed by atoms with Gasteiger partial charge in [-0.2, -0.15) is 0 Å². The Morgan fingerprint density at radius 1 is 0.706 bits per heavy atom. The highest BCUT2D eigenvalue weighted by Crippen LogP contribution is 2.20. The molecule has 0 aromatic heterocycles. The predicted molar refractivity (Wildman–Crippen MR) is 87.6 cm³/mol. The van der Waals surface area contributed by atoms with Crippen LogP contribution in [0.4, 0.5) is 0 Å². The normalized spacial score (nSPS) is 14.8. The molecule has 0 N–H and O–H groups in total. The van der Waals surface area contributed by atoms with Gasteiger partial charge in [0.15, 0.2) is 0 Å². The zero-order valence-electron chi connectivity index (χ0n) is 11.7. The molecule has 0 unspecified atom stereocenters. The van der Waals surface area contributed by atoms with Crippen molar-refractivity contribution in [3.05, 3.63) is 0 Å². The number of hydrogen-bond donors (Lipinski definition) is 0. The highest BCUT2D eigenvalue weighted by Gasteiger charge is 2.09. The summed E-state index contributed by atoms with van der Waals surface area (Å²) in [4.78, 5) is 1.25. The molecule has 0 spiro atoms. The second-order valence-electron chi connectivity index (χ2n) is 5.16. The first kappa shape index (κ1) is 18.0. The van der Waals surface area contributed by atoms with E-state index in [0.29, 0.717) is 9.65 Å². The van der Waals surface area contributed by atoms with Crippen LogP contribution in [0.1, 0.15) is 84.5 Å². The summed E-state index contributed by atoms with van der Waals surface area (Å²) in [6.07, 6.45) is 15.6. The minimum atomic E-state index is 0.598. The quantitative estimate of drug-likeness (QED) is 0.260. The molecule has 2 atom stereocenters. The third-order valence-electron chi connectivity index (χ3n) is 3.33. The van der Waals surface area contributed by atoms with E-state index in [1.807, 2.05) is 0 Å². The van der Waals surface area contributed by atoms with E-state index >= 15 is 0 Å². The minimum absolute atomic E-state index is 0.598. The van der Waals surface area contributed by atoms with Crippen LogP contribution in [0.15, 0.2) is 0 Å². The van der Waals surface area contributed by atoms with Crippen molar-refractivity contribution in [3.63, 3.8) is 0 Å². The largest absolute Gasteiger partial charge is 0.0882 e. The summed E-state index contributed by atoms with van der Waals surface area (Å²) in [5, 5.41) is 0. The molecule has 0 saturated heterocycles. The predicted octanol–water partition coefficient (Wildman–Crippen LogP) is 6.84. The molecule has 0 amide bonds. The van der Waals surface area contributed by atoms with Gasteiger partial charge in [0.05, 0.1) is 0 Å². The highest BCUT2D eigenvalue weighted by atomic mass is 79.9. The Morgan fingerprint density at radius 2 is 1.12 bits per heavy atom. The van der Waals surface area contributed by atoms with Gasteiger partial charge in [0.1, 0.15) is 0 Å². The van der Waals surface area contributed by atoms with Crippen molar-refractivity contribution >= 4 is 31.9 Å². The zero-order valence-corrected chi connectivity index (χ0v) is 14.9. The van der Waals surface area contributed by atoms with Crippen LogP contribution in [0.2, 0.25) is 0 Å². The highest BCUT2D eigenvalue weighted by molar-refractivity contribution is 9.12. The molecule has 0 rings (SSSR count). The van der Waals surface area contributed by atoms with Crippen LogP contribution in [-0.4, -0.2) is 9.65 Å². The molecule has 0 bridgehead atoms. The third-order valence-corrected chi connectivity index (χ3v) is 5.93. The molecule has 0 fully saturated rings. The van der Waals surface area contributed by atoms with E-state index < -0.39 is 0 Å². The molecule has 0 nitrogen and oxygen atoms in total. The van der Waals surface area contributed by atoms with E-state index in [1.165, 1.54) is 70.6 Å². The number of hydrogen-bond acceptors (Lipinski definition) is 0. The summed E-state index contributed by atoms with van der Waals surface area (Å²) in [7, 11) is 0. The van der Waals surface area contributed by atoms with Crippen LogP contribution < -0.4 is 0 Å². The van der Waals surface area contributed by atoms with Crippen molar-refractivity contribution in [2.45, 2.75) is 94.1 Å². The monoisotopic (exact) mass is 368 g/mol. The van der Waals surface area contributed by atoms with Crippen LogP contribution in [0, 0.1) is 0 Å². The minimum Gasteiger partial charge on any atom is -0.0882 e.